The molecule has 2 aromatic carbocycles. The van der Waals surface area contributed by atoms with Crippen molar-refractivity contribution >= 4 is 39.1 Å². The predicted molar refractivity (Wildman–Crippen MR) is 146 cm³/mol. The van der Waals surface area contributed by atoms with Crippen LogP contribution >= 0.6 is 11.3 Å². The van der Waals surface area contributed by atoms with E-state index in [0.717, 1.165) is 43.2 Å². The number of anilines is 1. The molecule has 0 N–H and O–H groups in total. The van der Waals surface area contributed by atoms with E-state index in [1.807, 2.05) is 42.5 Å². The van der Waals surface area contributed by atoms with Crippen molar-refractivity contribution in [1.82, 2.24) is 0 Å². The molecule has 35 heavy (non-hydrogen) atoms. The van der Waals surface area contributed by atoms with E-state index in [2.05, 4.69) is 71.3 Å². The van der Waals surface area contributed by atoms with Crippen LogP contribution in [0.25, 0.3) is 0 Å². The van der Waals surface area contributed by atoms with Crippen molar-refractivity contribution in [2.45, 2.75) is 53.4 Å². The Kier molecular flexibility index (Phi) is 10.1. The molecule has 3 aromatic rings. The molecule has 3 rings (SSSR count). The summed E-state index contributed by atoms with van der Waals surface area (Å²) < 4.78 is 0. The van der Waals surface area contributed by atoms with Crippen LogP contribution < -0.4 is 4.90 Å². The van der Waals surface area contributed by atoms with Gasteiger partial charge in [-0.2, -0.15) is 15.5 Å². The van der Waals surface area contributed by atoms with Gasteiger partial charge < -0.3 is 4.90 Å². The zero-order valence-electron chi connectivity index (χ0n) is 21.1. The number of nitrogens with zero attached hydrogens (tertiary/aromatic N) is 6. The van der Waals surface area contributed by atoms with Crippen molar-refractivity contribution in [3.63, 3.8) is 0 Å². The molecule has 6 nitrogen and oxygen atoms in total. The lowest BCUT2D eigenvalue weighted by molar-refractivity contribution is 0.497. The Hall–Kier alpha value is -3.37. The quantitative estimate of drug-likeness (QED) is 0.239. The van der Waals surface area contributed by atoms with Crippen LogP contribution in [0.1, 0.15) is 57.4 Å². The third-order valence-electron chi connectivity index (χ3n) is 6.07. The zero-order valence-corrected chi connectivity index (χ0v) is 21.9. The first-order valence-electron chi connectivity index (χ1n) is 12.4. The summed E-state index contributed by atoms with van der Waals surface area (Å²) in [7, 11) is 0. The number of benzene rings is 2. The Morgan fingerprint density at radius 2 is 1.40 bits per heavy atom. The molecule has 0 spiro atoms. The van der Waals surface area contributed by atoms with Gasteiger partial charge in [0.15, 0.2) is 5.00 Å². The van der Waals surface area contributed by atoms with Crippen LogP contribution in [0.4, 0.5) is 27.8 Å². The molecule has 0 aliphatic rings. The number of aryl methyl sites for hydroxylation is 1. The SMILES string of the molecule is CCC(C)CCCc1cc(C#N)c(N=Nc2ccc(N=Nc3ccc(N(CC)CC)cc3)cc2)s1. The number of rotatable bonds is 12. The molecule has 0 amide bonds. The Morgan fingerprint density at radius 3 is 1.91 bits per heavy atom. The van der Waals surface area contributed by atoms with E-state index in [0.29, 0.717) is 16.3 Å². The lowest BCUT2D eigenvalue weighted by atomic mass is 10.0. The molecule has 1 atom stereocenters. The molecular weight excluding hydrogens is 452 g/mol. The molecule has 1 unspecified atom stereocenters. The number of azo groups is 2. The molecule has 0 saturated carbocycles. The molecule has 7 heteroatoms. The van der Waals surface area contributed by atoms with Crippen molar-refractivity contribution in [2.75, 3.05) is 18.0 Å². The van der Waals surface area contributed by atoms with Gasteiger partial charge in [0.25, 0.3) is 0 Å². The molecule has 0 fully saturated rings. The summed E-state index contributed by atoms with van der Waals surface area (Å²) in [5.74, 6) is 0.741. The summed E-state index contributed by atoms with van der Waals surface area (Å²) >= 11 is 1.56. The lowest BCUT2D eigenvalue weighted by Crippen LogP contribution is -2.21. The molecule has 0 saturated heterocycles. The van der Waals surface area contributed by atoms with E-state index >= 15 is 0 Å². The van der Waals surface area contributed by atoms with Crippen LogP contribution in [0, 0.1) is 17.2 Å². The highest BCUT2D eigenvalue weighted by atomic mass is 32.1. The molecule has 0 aliphatic heterocycles. The highest BCUT2D eigenvalue weighted by Gasteiger charge is 2.09. The van der Waals surface area contributed by atoms with Crippen molar-refractivity contribution in [3.05, 3.63) is 65.0 Å². The Bertz CT molecular complexity index is 1150. The Balaban J connectivity index is 1.60. The van der Waals surface area contributed by atoms with Gasteiger partial charge in [0.2, 0.25) is 0 Å². The fourth-order valence-electron chi connectivity index (χ4n) is 3.66. The molecule has 1 heterocycles. The Labute approximate surface area is 213 Å². The third kappa shape index (κ3) is 7.83. The van der Waals surface area contributed by atoms with E-state index in [4.69, 9.17) is 0 Å². The van der Waals surface area contributed by atoms with Crippen molar-refractivity contribution in [1.29, 1.82) is 5.26 Å². The second-order valence-corrected chi connectivity index (χ2v) is 9.67. The minimum Gasteiger partial charge on any atom is -0.372 e. The van der Waals surface area contributed by atoms with Gasteiger partial charge >= 0.3 is 0 Å². The molecular formula is C28H34N6S. The second-order valence-electron chi connectivity index (χ2n) is 8.55. The van der Waals surface area contributed by atoms with E-state index in [9.17, 15) is 5.26 Å². The zero-order chi connectivity index (χ0) is 25.0. The van der Waals surface area contributed by atoms with Gasteiger partial charge in [0, 0.05) is 23.7 Å². The van der Waals surface area contributed by atoms with Gasteiger partial charge in [-0.05, 0) is 87.2 Å². The first-order chi connectivity index (χ1) is 17.1. The van der Waals surface area contributed by atoms with Gasteiger partial charge in [0.1, 0.15) is 6.07 Å². The summed E-state index contributed by atoms with van der Waals surface area (Å²) in [6.45, 7) is 10.8. The Morgan fingerprint density at radius 1 is 0.857 bits per heavy atom. The first kappa shape index (κ1) is 26.2. The average Bonchev–Trinajstić information content (AvgIpc) is 3.30. The predicted octanol–water partition coefficient (Wildman–Crippen LogP) is 9.67. The van der Waals surface area contributed by atoms with Gasteiger partial charge in [-0.1, -0.05) is 26.7 Å². The summed E-state index contributed by atoms with van der Waals surface area (Å²) in [4.78, 5) is 3.48. The van der Waals surface area contributed by atoms with Crippen LogP contribution in [0.15, 0.2) is 75.1 Å². The van der Waals surface area contributed by atoms with Crippen molar-refractivity contribution in [2.24, 2.45) is 26.4 Å². The minimum atomic E-state index is 0.592. The van der Waals surface area contributed by atoms with Gasteiger partial charge in [-0.25, -0.2) is 0 Å². The van der Waals surface area contributed by atoms with Crippen LogP contribution in [0.5, 0.6) is 0 Å². The second kappa shape index (κ2) is 13.5. The fraction of sp³-hybridized carbons (Fsp3) is 0.393. The normalized spacial score (nSPS) is 12.3. The largest absolute Gasteiger partial charge is 0.372 e. The van der Waals surface area contributed by atoms with Crippen LogP contribution in [0.3, 0.4) is 0 Å². The standard InChI is InChI=1S/C28H34N6S/c1-5-21(4)9-8-10-27-19-22(20-29)28(35-27)33-32-24-13-11-23(12-14-24)30-31-25-15-17-26(18-16-25)34(6-2)7-3/h11-19,21H,5-10H2,1-4H3. The maximum absolute atomic E-state index is 9.47. The fourth-order valence-corrected chi connectivity index (χ4v) is 4.63. The molecule has 0 radical (unpaired) electrons. The number of hydrogen-bond donors (Lipinski definition) is 0. The van der Waals surface area contributed by atoms with E-state index in [-0.39, 0.29) is 0 Å². The van der Waals surface area contributed by atoms with Crippen LogP contribution in [0.2, 0.25) is 0 Å². The van der Waals surface area contributed by atoms with Gasteiger partial charge in [-0.15, -0.1) is 21.6 Å². The number of nitriles is 1. The van der Waals surface area contributed by atoms with E-state index < -0.39 is 0 Å². The van der Waals surface area contributed by atoms with E-state index in [1.54, 1.807) is 11.3 Å². The highest BCUT2D eigenvalue weighted by Crippen LogP contribution is 2.33. The van der Waals surface area contributed by atoms with Gasteiger partial charge in [0.05, 0.1) is 22.6 Å². The maximum Gasteiger partial charge on any atom is 0.156 e. The van der Waals surface area contributed by atoms with Crippen molar-refractivity contribution in [3.8, 4) is 6.07 Å². The summed E-state index contributed by atoms with van der Waals surface area (Å²) in [5, 5.41) is 27.5. The summed E-state index contributed by atoms with van der Waals surface area (Å²) in [6.07, 6.45) is 4.53. The summed E-state index contributed by atoms with van der Waals surface area (Å²) in [5.41, 5.74) is 4.05. The lowest BCUT2D eigenvalue weighted by Gasteiger charge is -2.20. The topological polar surface area (TPSA) is 76.5 Å². The van der Waals surface area contributed by atoms with Crippen molar-refractivity contribution < 1.29 is 0 Å². The van der Waals surface area contributed by atoms with Crippen LogP contribution in [-0.4, -0.2) is 13.1 Å². The number of thiophene rings is 1. The average molecular weight is 487 g/mol. The van der Waals surface area contributed by atoms with Gasteiger partial charge in [-0.3, -0.25) is 0 Å². The first-order valence-corrected chi connectivity index (χ1v) is 13.2. The van der Waals surface area contributed by atoms with Crippen LogP contribution in [-0.2, 0) is 6.42 Å². The van der Waals surface area contributed by atoms with E-state index in [1.165, 1.54) is 23.4 Å². The minimum absolute atomic E-state index is 0.592. The molecule has 182 valence electrons. The molecule has 0 aliphatic carbocycles. The molecule has 1 aromatic heterocycles. The third-order valence-corrected chi connectivity index (χ3v) is 7.15. The monoisotopic (exact) mass is 486 g/mol. The molecule has 0 bridgehead atoms. The highest BCUT2D eigenvalue weighted by molar-refractivity contribution is 7.16. The number of hydrogen-bond acceptors (Lipinski definition) is 7. The smallest absolute Gasteiger partial charge is 0.156 e. The summed E-state index contributed by atoms with van der Waals surface area (Å²) in [6, 6.07) is 19.7. The maximum atomic E-state index is 9.47.